The largest absolute Gasteiger partial charge is 0.490 e. The van der Waals surface area contributed by atoms with Crippen molar-refractivity contribution in [2.45, 2.75) is 25.3 Å². The number of amides is 3. The van der Waals surface area contributed by atoms with Gasteiger partial charge in [-0.05, 0) is 72.8 Å². The number of anilines is 1. The molecule has 3 amide bonds. The molecule has 0 unspecified atom stereocenters. The molecule has 3 aromatic carbocycles. The Hall–Kier alpha value is -3.87. The maximum absolute atomic E-state index is 14.1. The first-order valence-electron chi connectivity index (χ1n) is 11.8. The summed E-state index contributed by atoms with van der Waals surface area (Å²) in [5.74, 6) is -1.73. The summed E-state index contributed by atoms with van der Waals surface area (Å²) in [4.78, 5) is 37.5. The summed E-state index contributed by atoms with van der Waals surface area (Å²) in [5.41, 5.74) is 0.941. The minimum atomic E-state index is -4.35. The van der Waals surface area contributed by atoms with E-state index in [1.165, 1.54) is 67.6 Å². The Balaban J connectivity index is 1.60. The van der Waals surface area contributed by atoms with Crippen molar-refractivity contribution in [2.24, 2.45) is 0 Å². The lowest BCUT2D eigenvalue weighted by Crippen LogP contribution is -2.27. The summed E-state index contributed by atoms with van der Waals surface area (Å²) in [7, 11) is -4.35. The van der Waals surface area contributed by atoms with Crippen LogP contribution in [0.15, 0.2) is 70.5 Å². The number of hydrogen-bond donors (Lipinski definition) is 1. The Morgan fingerprint density at radius 1 is 1.12 bits per heavy atom. The van der Waals surface area contributed by atoms with E-state index in [-0.39, 0.29) is 50.9 Å². The lowest BCUT2D eigenvalue weighted by molar-refractivity contribution is -0.123. The third-order valence-electron chi connectivity index (χ3n) is 5.45. The van der Waals surface area contributed by atoms with Crippen molar-refractivity contribution in [1.29, 1.82) is 0 Å². The standard InChI is InChI=1S/C27H22ClFN2O7S2/c1-3-37-23-13-17(14-24-26(33)31(27(34)39-24)15-18-6-4-5-7-22(18)29)12-21(28)25(23)38-40(35,36)20-10-8-19(9-11-20)30-16(2)32/h4-14H,3,15H2,1-2H3,(H,30,32)/b24-14-. The van der Waals surface area contributed by atoms with Crippen molar-refractivity contribution < 1.29 is 36.1 Å². The number of rotatable bonds is 9. The zero-order valence-corrected chi connectivity index (χ0v) is 23.5. The molecule has 0 spiro atoms. The fraction of sp³-hybridized carbons (Fsp3) is 0.148. The van der Waals surface area contributed by atoms with E-state index in [0.29, 0.717) is 23.0 Å². The topological polar surface area (TPSA) is 119 Å². The van der Waals surface area contributed by atoms with E-state index in [1.54, 1.807) is 13.0 Å². The molecule has 0 radical (unpaired) electrons. The van der Waals surface area contributed by atoms with Gasteiger partial charge >= 0.3 is 10.1 Å². The molecule has 208 valence electrons. The average molecular weight is 605 g/mol. The third kappa shape index (κ3) is 6.64. The van der Waals surface area contributed by atoms with Crippen molar-refractivity contribution >= 4 is 62.3 Å². The van der Waals surface area contributed by atoms with Crippen LogP contribution in [0.3, 0.4) is 0 Å². The smallest absolute Gasteiger partial charge is 0.339 e. The van der Waals surface area contributed by atoms with E-state index in [9.17, 15) is 27.2 Å². The summed E-state index contributed by atoms with van der Waals surface area (Å²) < 4.78 is 50.8. The van der Waals surface area contributed by atoms with Crippen LogP contribution in [-0.4, -0.2) is 37.0 Å². The molecule has 1 aliphatic rings. The summed E-state index contributed by atoms with van der Waals surface area (Å²) in [6.45, 7) is 2.91. The Morgan fingerprint density at radius 3 is 2.48 bits per heavy atom. The fourth-order valence-electron chi connectivity index (χ4n) is 3.67. The molecule has 0 saturated carbocycles. The molecular weight excluding hydrogens is 583 g/mol. The summed E-state index contributed by atoms with van der Waals surface area (Å²) in [5, 5.41) is 1.85. The maximum Gasteiger partial charge on any atom is 0.339 e. The average Bonchev–Trinajstić information content (AvgIpc) is 3.15. The molecule has 9 nitrogen and oxygen atoms in total. The molecule has 1 fully saturated rings. The summed E-state index contributed by atoms with van der Waals surface area (Å²) in [6, 6.07) is 14.0. The van der Waals surface area contributed by atoms with Crippen molar-refractivity contribution in [3.63, 3.8) is 0 Å². The number of nitrogens with one attached hydrogen (secondary N) is 1. The highest BCUT2D eigenvalue weighted by atomic mass is 35.5. The van der Waals surface area contributed by atoms with E-state index in [1.807, 2.05) is 0 Å². The summed E-state index contributed by atoms with van der Waals surface area (Å²) >= 11 is 7.08. The van der Waals surface area contributed by atoms with E-state index < -0.39 is 27.1 Å². The van der Waals surface area contributed by atoms with Gasteiger partial charge in [-0.2, -0.15) is 8.42 Å². The van der Waals surface area contributed by atoms with E-state index in [2.05, 4.69) is 5.32 Å². The van der Waals surface area contributed by atoms with Gasteiger partial charge in [0.25, 0.3) is 11.1 Å². The van der Waals surface area contributed by atoms with Gasteiger partial charge in [-0.15, -0.1) is 0 Å². The first-order chi connectivity index (χ1) is 19.0. The molecule has 1 saturated heterocycles. The first kappa shape index (κ1) is 29.1. The number of imide groups is 1. The monoisotopic (exact) mass is 604 g/mol. The van der Waals surface area contributed by atoms with Crippen LogP contribution in [-0.2, 0) is 26.3 Å². The zero-order valence-electron chi connectivity index (χ0n) is 21.1. The van der Waals surface area contributed by atoms with Crippen LogP contribution in [0.2, 0.25) is 5.02 Å². The first-order valence-corrected chi connectivity index (χ1v) is 14.4. The second-order valence-electron chi connectivity index (χ2n) is 8.37. The molecule has 40 heavy (non-hydrogen) atoms. The lowest BCUT2D eigenvalue weighted by atomic mass is 10.1. The fourth-order valence-corrected chi connectivity index (χ4v) is 5.76. The van der Waals surface area contributed by atoms with Crippen molar-refractivity contribution in [2.75, 3.05) is 11.9 Å². The molecule has 0 atom stereocenters. The van der Waals surface area contributed by atoms with Crippen LogP contribution in [0.25, 0.3) is 6.08 Å². The van der Waals surface area contributed by atoms with E-state index >= 15 is 0 Å². The number of halogens is 2. The van der Waals surface area contributed by atoms with Gasteiger partial charge in [-0.25, -0.2) is 4.39 Å². The number of thioether (sulfide) groups is 1. The minimum Gasteiger partial charge on any atom is -0.490 e. The van der Waals surface area contributed by atoms with Gasteiger partial charge in [0.15, 0.2) is 5.75 Å². The second kappa shape index (κ2) is 12.1. The highest BCUT2D eigenvalue weighted by Gasteiger charge is 2.35. The highest BCUT2D eigenvalue weighted by molar-refractivity contribution is 8.18. The Labute approximate surface area is 239 Å². The highest BCUT2D eigenvalue weighted by Crippen LogP contribution is 2.41. The third-order valence-corrected chi connectivity index (χ3v) is 7.87. The Bertz CT molecular complexity index is 1630. The predicted octanol–water partition coefficient (Wildman–Crippen LogP) is 5.84. The molecule has 0 aromatic heterocycles. The van der Waals surface area contributed by atoms with Crippen LogP contribution in [0, 0.1) is 5.82 Å². The second-order valence-corrected chi connectivity index (χ2v) is 11.3. The maximum atomic E-state index is 14.1. The molecule has 1 heterocycles. The normalized spacial score (nSPS) is 14.5. The molecule has 3 aromatic rings. The van der Waals surface area contributed by atoms with Crippen LogP contribution in [0.4, 0.5) is 14.9 Å². The van der Waals surface area contributed by atoms with Gasteiger partial charge < -0.3 is 14.2 Å². The quantitative estimate of drug-likeness (QED) is 0.239. The Kier molecular flexibility index (Phi) is 8.82. The number of hydrogen-bond acceptors (Lipinski definition) is 8. The molecular formula is C27H22ClFN2O7S2. The van der Waals surface area contributed by atoms with Crippen molar-refractivity contribution in [3.05, 3.63) is 87.5 Å². The van der Waals surface area contributed by atoms with E-state index in [4.69, 9.17) is 20.5 Å². The summed E-state index contributed by atoms with van der Waals surface area (Å²) in [6.07, 6.45) is 1.40. The van der Waals surface area contributed by atoms with Gasteiger partial charge in [0, 0.05) is 18.2 Å². The Morgan fingerprint density at radius 2 is 1.82 bits per heavy atom. The van der Waals surface area contributed by atoms with Crippen LogP contribution in [0.5, 0.6) is 11.5 Å². The van der Waals surface area contributed by atoms with Gasteiger partial charge in [0.2, 0.25) is 11.7 Å². The lowest BCUT2D eigenvalue weighted by Gasteiger charge is -2.15. The van der Waals surface area contributed by atoms with Crippen LogP contribution in [0.1, 0.15) is 25.0 Å². The number of ether oxygens (including phenoxy) is 1. The minimum absolute atomic E-state index is 0.00900. The molecule has 4 rings (SSSR count). The zero-order chi connectivity index (χ0) is 29.0. The van der Waals surface area contributed by atoms with Crippen molar-refractivity contribution in [3.8, 4) is 11.5 Å². The molecule has 13 heteroatoms. The van der Waals surface area contributed by atoms with Gasteiger partial charge in [0.05, 0.1) is 23.1 Å². The molecule has 0 aliphatic carbocycles. The predicted molar refractivity (Wildman–Crippen MR) is 149 cm³/mol. The van der Waals surface area contributed by atoms with Gasteiger partial charge in [0.1, 0.15) is 10.7 Å². The number of nitrogens with zero attached hydrogens (tertiary/aromatic N) is 1. The molecule has 0 bridgehead atoms. The van der Waals surface area contributed by atoms with Gasteiger partial charge in [-0.3, -0.25) is 19.3 Å². The number of benzene rings is 3. The van der Waals surface area contributed by atoms with Crippen molar-refractivity contribution in [1.82, 2.24) is 4.90 Å². The molecule has 1 N–H and O–H groups in total. The number of carbonyl (C=O) groups excluding carboxylic acids is 3. The van der Waals surface area contributed by atoms with Crippen LogP contribution >= 0.6 is 23.4 Å². The number of carbonyl (C=O) groups is 3. The molecule has 1 aliphatic heterocycles. The SMILES string of the molecule is CCOc1cc(/C=C2\SC(=O)N(Cc3ccccc3F)C2=O)cc(Cl)c1OS(=O)(=O)c1ccc(NC(C)=O)cc1. The van der Waals surface area contributed by atoms with Gasteiger partial charge in [-0.1, -0.05) is 29.8 Å². The van der Waals surface area contributed by atoms with E-state index in [0.717, 1.165) is 4.90 Å². The van der Waals surface area contributed by atoms with Crippen LogP contribution < -0.4 is 14.2 Å².